The van der Waals surface area contributed by atoms with Gasteiger partial charge in [-0.25, -0.2) is 24.0 Å². The largest absolute Gasteiger partial charge is 1.00 e. The van der Waals surface area contributed by atoms with Crippen molar-refractivity contribution in [3.05, 3.63) is 57.4 Å². The third-order valence-electron chi connectivity index (χ3n) is 9.70. The average molecular weight is 746 g/mol. The molecule has 0 heterocycles. The average Bonchev–Trinajstić information content (AvgIpc) is 3.41. The smallest absolute Gasteiger partial charge is 0.308 e. The number of carbonyl (C=O) groups is 2. The van der Waals surface area contributed by atoms with Crippen LogP contribution in [0.1, 0.15) is 145 Å². The van der Waals surface area contributed by atoms with E-state index in [2.05, 4.69) is 26.7 Å². The minimum atomic E-state index is -0.757. The summed E-state index contributed by atoms with van der Waals surface area (Å²) < 4.78 is 0. The van der Waals surface area contributed by atoms with Crippen molar-refractivity contribution < 1.29 is 88.1 Å². The SMILES string of the molecule is CC(C)(C)C(=O)O.CC(C)(C)C(=O)O.CC1C2=C(CCC[CH-]2)C2=C1CCCC2.CC1C2=C(CCC[CH-]2)C2=C1CCCC2.[Cl-].[Cl-].[Ti].[Ti]. The summed E-state index contributed by atoms with van der Waals surface area (Å²) in [5.41, 5.74) is 13.0. The van der Waals surface area contributed by atoms with Gasteiger partial charge in [0.2, 0.25) is 0 Å². The Kier molecular flexibility index (Phi) is 21.8. The predicted molar refractivity (Wildman–Crippen MR) is 174 cm³/mol. The monoisotopic (exact) mass is 744 g/mol. The molecule has 0 radical (unpaired) electrons. The Morgan fingerprint density at radius 3 is 1.09 bits per heavy atom. The fourth-order valence-electron chi connectivity index (χ4n) is 7.01. The molecule has 2 atom stereocenters. The molecule has 6 aliphatic carbocycles. The zero-order chi connectivity index (χ0) is 31.2. The van der Waals surface area contributed by atoms with Crippen molar-refractivity contribution in [3.8, 4) is 0 Å². The quantitative estimate of drug-likeness (QED) is 0.281. The second-order valence-corrected chi connectivity index (χ2v) is 15.0. The van der Waals surface area contributed by atoms with Crippen molar-refractivity contribution in [2.24, 2.45) is 22.7 Å². The van der Waals surface area contributed by atoms with Gasteiger partial charge in [-0.3, -0.25) is 9.59 Å². The van der Waals surface area contributed by atoms with E-state index in [1.54, 1.807) is 86.1 Å². The van der Waals surface area contributed by atoms with Crippen molar-refractivity contribution >= 4 is 11.9 Å². The van der Waals surface area contributed by atoms with Gasteiger partial charge in [0.1, 0.15) is 0 Å². The first-order chi connectivity index (χ1) is 19.6. The molecule has 0 saturated heterocycles. The molecule has 2 N–H and O–H groups in total. The Morgan fingerprint density at radius 2 is 0.804 bits per heavy atom. The zero-order valence-electron chi connectivity index (χ0n) is 29.7. The van der Waals surface area contributed by atoms with Gasteiger partial charge < -0.3 is 35.0 Å². The van der Waals surface area contributed by atoms with Crippen LogP contribution in [0, 0.1) is 35.5 Å². The van der Waals surface area contributed by atoms with Gasteiger partial charge in [0.05, 0.1) is 10.8 Å². The summed E-state index contributed by atoms with van der Waals surface area (Å²) in [4.78, 5) is 20.0. The van der Waals surface area contributed by atoms with E-state index in [4.69, 9.17) is 10.2 Å². The van der Waals surface area contributed by atoms with Gasteiger partial charge in [0.15, 0.2) is 0 Å². The minimum absolute atomic E-state index is 0. The van der Waals surface area contributed by atoms with E-state index >= 15 is 0 Å². The standard InChI is InChI=1S/2C14H19.2C5H10O2.2ClH.2Ti/c2*1-10-11-6-2-4-8-13(11)14-9-5-3-7-12(10)14;2*1-5(2,3)4(6)7;;;;/h2*6,10H,2-5,7-9H2,1H3;2*1-3H3,(H,6,7);2*1H;;/q2*-1;;;;;;/p-2. The molecule has 8 heteroatoms. The minimum Gasteiger partial charge on any atom is -1.00 e. The molecule has 0 aromatic rings. The van der Waals surface area contributed by atoms with Crippen molar-refractivity contribution in [2.75, 3.05) is 0 Å². The van der Waals surface area contributed by atoms with Crippen LogP contribution in [0.15, 0.2) is 44.6 Å². The molecule has 2 unspecified atom stereocenters. The summed E-state index contributed by atoms with van der Waals surface area (Å²) in [6, 6.07) is 0. The van der Waals surface area contributed by atoms with E-state index < -0.39 is 22.8 Å². The van der Waals surface area contributed by atoms with Gasteiger partial charge in [0, 0.05) is 43.4 Å². The number of fused-ring (bicyclic) bond motifs is 2. The summed E-state index contributed by atoms with van der Waals surface area (Å²) in [6.07, 6.45) is 24.5. The maximum absolute atomic E-state index is 10.0. The number of carboxylic acid groups (broad SMARTS) is 2. The number of aliphatic carboxylic acids is 2. The van der Waals surface area contributed by atoms with Crippen molar-refractivity contribution in [3.63, 3.8) is 0 Å². The van der Waals surface area contributed by atoms with Crippen molar-refractivity contribution in [2.45, 2.75) is 145 Å². The molecule has 0 saturated carbocycles. The molecule has 0 fully saturated rings. The second-order valence-electron chi connectivity index (χ2n) is 15.0. The van der Waals surface area contributed by atoms with E-state index in [1.807, 2.05) is 0 Å². The number of hydrogen-bond acceptors (Lipinski definition) is 2. The Morgan fingerprint density at radius 1 is 0.543 bits per heavy atom. The molecule has 4 nitrogen and oxygen atoms in total. The van der Waals surface area contributed by atoms with Gasteiger partial charge in [-0.15, -0.1) is 24.0 Å². The van der Waals surface area contributed by atoms with Crippen LogP contribution in [-0.2, 0) is 53.0 Å². The van der Waals surface area contributed by atoms with Crippen molar-refractivity contribution in [1.82, 2.24) is 0 Å². The molecule has 6 rings (SSSR count). The van der Waals surface area contributed by atoms with Crippen LogP contribution in [0.25, 0.3) is 0 Å². The maximum atomic E-state index is 10.0. The van der Waals surface area contributed by atoms with Gasteiger partial charge >= 0.3 is 11.9 Å². The number of hydrogen-bond donors (Lipinski definition) is 2. The predicted octanol–water partition coefficient (Wildman–Crippen LogP) is 4.62. The van der Waals surface area contributed by atoms with E-state index in [9.17, 15) is 9.59 Å². The Balaban J connectivity index is 0. The summed E-state index contributed by atoms with van der Waals surface area (Å²) in [5, 5.41) is 16.5. The fraction of sp³-hybridized carbons (Fsp3) is 0.684. The van der Waals surface area contributed by atoms with Crippen LogP contribution < -0.4 is 24.8 Å². The summed E-state index contributed by atoms with van der Waals surface area (Å²) in [6.45, 7) is 14.8. The zero-order valence-corrected chi connectivity index (χ0v) is 34.3. The Bertz CT molecular complexity index is 998. The normalized spacial score (nSPS) is 22.5. The number of carboxylic acids is 2. The van der Waals surface area contributed by atoms with Crippen LogP contribution in [0.2, 0.25) is 0 Å². The van der Waals surface area contributed by atoms with Crippen LogP contribution in [0.3, 0.4) is 0 Å². The van der Waals surface area contributed by atoms with Gasteiger partial charge in [-0.2, -0.15) is 11.1 Å². The third-order valence-corrected chi connectivity index (χ3v) is 9.70. The fourth-order valence-corrected chi connectivity index (χ4v) is 7.01. The molecule has 260 valence electrons. The first-order valence-corrected chi connectivity index (χ1v) is 16.7. The molecular formula is C38H58Cl2O4Ti2-4. The maximum Gasteiger partial charge on any atom is 0.308 e. The number of halogens is 2. The molecule has 46 heavy (non-hydrogen) atoms. The van der Waals surface area contributed by atoms with Crippen LogP contribution in [0.4, 0.5) is 0 Å². The summed E-state index contributed by atoms with van der Waals surface area (Å²) in [7, 11) is 0. The molecule has 0 spiro atoms. The van der Waals surface area contributed by atoms with Crippen LogP contribution >= 0.6 is 0 Å². The first kappa shape index (κ1) is 47.8. The first-order valence-electron chi connectivity index (χ1n) is 16.7. The van der Waals surface area contributed by atoms with E-state index in [-0.39, 0.29) is 68.2 Å². The molecule has 0 amide bonds. The number of allylic oxidation sites excluding steroid dienone is 8. The molecule has 0 aromatic heterocycles. The Labute approximate surface area is 323 Å². The Hall–Kier alpha value is -0.351. The molecule has 0 aliphatic heterocycles. The third kappa shape index (κ3) is 12.5. The molecular weight excluding hydrogens is 687 g/mol. The molecule has 0 aromatic carbocycles. The summed E-state index contributed by atoms with van der Waals surface area (Å²) >= 11 is 0. The summed E-state index contributed by atoms with van der Waals surface area (Å²) in [5.74, 6) is 0.0428. The second kappa shape index (κ2) is 21.0. The van der Waals surface area contributed by atoms with Gasteiger partial charge in [-0.05, 0) is 91.9 Å². The molecule has 0 bridgehead atoms. The topological polar surface area (TPSA) is 74.6 Å². The van der Waals surface area contributed by atoms with E-state index in [1.165, 1.54) is 89.9 Å². The molecule has 6 aliphatic rings. The van der Waals surface area contributed by atoms with Crippen molar-refractivity contribution in [1.29, 1.82) is 0 Å². The van der Waals surface area contributed by atoms with Gasteiger partial charge in [-0.1, -0.05) is 63.5 Å². The van der Waals surface area contributed by atoms with Crippen LogP contribution in [0.5, 0.6) is 0 Å². The van der Waals surface area contributed by atoms with Gasteiger partial charge in [0.25, 0.3) is 0 Å². The number of rotatable bonds is 0. The van der Waals surface area contributed by atoms with E-state index in [0.29, 0.717) is 0 Å². The van der Waals surface area contributed by atoms with Crippen LogP contribution in [-0.4, -0.2) is 22.2 Å². The van der Waals surface area contributed by atoms with E-state index in [0.717, 1.165) is 11.8 Å².